The molecule has 1 aromatic carbocycles. The van der Waals surface area contributed by atoms with E-state index in [-0.39, 0.29) is 5.91 Å². The highest BCUT2D eigenvalue weighted by Gasteiger charge is 2.19. The van der Waals surface area contributed by atoms with Gasteiger partial charge in [-0.1, -0.05) is 29.8 Å². The van der Waals surface area contributed by atoms with Crippen molar-refractivity contribution in [2.75, 3.05) is 7.05 Å². The molecule has 0 saturated heterocycles. The Morgan fingerprint density at radius 1 is 1.20 bits per heavy atom. The first-order valence-electron chi connectivity index (χ1n) is 8.24. The van der Waals surface area contributed by atoms with Crippen LogP contribution >= 0.6 is 0 Å². The lowest BCUT2D eigenvalue weighted by molar-refractivity contribution is 0.0779. The Hall–Kier alpha value is -2.89. The molecule has 0 radical (unpaired) electrons. The maximum absolute atomic E-state index is 12.7. The van der Waals surface area contributed by atoms with Crippen LogP contribution in [0.25, 0.3) is 11.3 Å². The fraction of sp³-hybridized carbons (Fsp3) is 0.316. The maximum Gasteiger partial charge on any atom is 0.271 e. The Kier molecular flexibility index (Phi) is 4.44. The quantitative estimate of drug-likeness (QED) is 0.796. The Labute approximate surface area is 147 Å². The molecule has 2 aromatic heterocycles. The van der Waals surface area contributed by atoms with Crippen LogP contribution in [-0.4, -0.2) is 37.8 Å². The van der Waals surface area contributed by atoms with Crippen molar-refractivity contribution >= 4 is 5.91 Å². The van der Waals surface area contributed by atoms with Crippen LogP contribution in [0.2, 0.25) is 0 Å². The zero-order chi connectivity index (χ0) is 18.1. The van der Waals surface area contributed by atoms with E-state index in [0.29, 0.717) is 12.2 Å². The summed E-state index contributed by atoms with van der Waals surface area (Å²) in [6, 6.07) is 9.98. The van der Waals surface area contributed by atoms with Crippen molar-refractivity contribution in [2.24, 2.45) is 7.05 Å². The van der Waals surface area contributed by atoms with Gasteiger partial charge in [-0.05, 0) is 32.4 Å². The number of amides is 1. The van der Waals surface area contributed by atoms with Gasteiger partial charge in [0.1, 0.15) is 5.69 Å². The summed E-state index contributed by atoms with van der Waals surface area (Å²) in [5.41, 5.74) is 6.43. The number of hydrogen-bond donors (Lipinski definition) is 1. The molecule has 0 unspecified atom stereocenters. The smallest absolute Gasteiger partial charge is 0.271 e. The van der Waals surface area contributed by atoms with Crippen LogP contribution in [0.5, 0.6) is 0 Å². The highest BCUT2D eigenvalue weighted by Crippen LogP contribution is 2.25. The van der Waals surface area contributed by atoms with Gasteiger partial charge >= 0.3 is 0 Å². The van der Waals surface area contributed by atoms with Gasteiger partial charge in [0.25, 0.3) is 5.91 Å². The summed E-state index contributed by atoms with van der Waals surface area (Å²) < 4.78 is 1.82. The van der Waals surface area contributed by atoms with Crippen molar-refractivity contribution in [1.82, 2.24) is 24.9 Å². The van der Waals surface area contributed by atoms with Crippen LogP contribution in [0, 0.1) is 20.8 Å². The minimum atomic E-state index is -0.0847. The molecule has 0 bridgehead atoms. The molecular weight excluding hydrogens is 314 g/mol. The number of carbonyl (C=O) groups is 1. The van der Waals surface area contributed by atoms with Crippen molar-refractivity contribution in [3.05, 3.63) is 58.5 Å². The van der Waals surface area contributed by atoms with Crippen molar-refractivity contribution in [1.29, 1.82) is 0 Å². The molecule has 6 nitrogen and oxygen atoms in total. The minimum absolute atomic E-state index is 0.0847. The third-order valence-corrected chi connectivity index (χ3v) is 4.46. The minimum Gasteiger partial charge on any atom is -0.336 e. The molecule has 0 aliphatic heterocycles. The molecule has 0 spiro atoms. The number of H-pyrrole nitrogens is 1. The van der Waals surface area contributed by atoms with E-state index in [2.05, 4.69) is 27.4 Å². The maximum atomic E-state index is 12.7. The van der Waals surface area contributed by atoms with E-state index in [1.807, 2.05) is 44.6 Å². The fourth-order valence-corrected chi connectivity index (χ4v) is 2.95. The van der Waals surface area contributed by atoms with Crippen LogP contribution < -0.4 is 0 Å². The molecule has 1 amide bonds. The van der Waals surface area contributed by atoms with Crippen LogP contribution in [0.3, 0.4) is 0 Å². The van der Waals surface area contributed by atoms with E-state index in [1.165, 1.54) is 5.56 Å². The van der Waals surface area contributed by atoms with Gasteiger partial charge in [-0.15, -0.1) is 0 Å². The number of nitrogens with one attached hydrogen (secondary N) is 1. The lowest BCUT2D eigenvalue weighted by Gasteiger charge is -2.16. The van der Waals surface area contributed by atoms with E-state index in [9.17, 15) is 4.79 Å². The van der Waals surface area contributed by atoms with Crippen LogP contribution in [0.15, 0.2) is 30.3 Å². The summed E-state index contributed by atoms with van der Waals surface area (Å²) in [4.78, 5) is 14.4. The number of rotatable bonds is 4. The zero-order valence-corrected chi connectivity index (χ0v) is 15.3. The lowest BCUT2D eigenvalue weighted by Crippen LogP contribution is -2.26. The van der Waals surface area contributed by atoms with Gasteiger partial charge in [0.2, 0.25) is 0 Å². The standard InChI is InChI=1S/C19H23N5O/c1-12-6-8-15(9-7-12)11-23(4)19(25)17-10-16(20-21-17)18-13(2)22-24(5)14(18)3/h6-10H,11H2,1-5H3,(H,20,21). The number of aromatic amines is 1. The lowest BCUT2D eigenvalue weighted by atomic mass is 10.1. The van der Waals surface area contributed by atoms with Gasteiger partial charge in [0.15, 0.2) is 0 Å². The van der Waals surface area contributed by atoms with Crippen molar-refractivity contribution < 1.29 is 4.79 Å². The third-order valence-electron chi connectivity index (χ3n) is 4.46. The van der Waals surface area contributed by atoms with E-state index < -0.39 is 0 Å². The number of aromatic nitrogens is 4. The van der Waals surface area contributed by atoms with E-state index >= 15 is 0 Å². The molecule has 2 heterocycles. The SMILES string of the molecule is Cc1ccc(CN(C)C(=O)c2cc(-c3c(C)nn(C)c3C)n[nH]2)cc1. The van der Waals surface area contributed by atoms with Gasteiger partial charge in [-0.2, -0.15) is 10.2 Å². The van der Waals surface area contributed by atoms with E-state index in [0.717, 1.165) is 28.2 Å². The number of benzene rings is 1. The Bertz CT molecular complexity index is 905. The topological polar surface area (TPSA) is 66.8 Å². The molecule has 0 fully saturated rings. The largest absolute Gasteiger partial charge is 0.336 e. The molecule has 6 heteroatoms. The second kappa shape index (κ2) is 6.55. The van der Waals surface area contributed by atoms with Crippen molar-refractivity contribution in [3.8, 4) is 11.3 Å². The van der Waals surface area contributed by atoms with Crippen LogP contribution in [0.4, 0.5) is 0 Å². The van der Waals surface area contributed by atoms with Gasteiger partial charge in [0.05, 0.1) is 11.4 Å². The first kappa shape index (κ1) is 17.0. The van der Waals surface area contributed by atoms with Gasteiger partial charge < -0.3 is 4.90 Å². The third kappa shape index (κ3) is 3.33. The number of aryl methyl sites for hydroxylation is 3. The van der Waals surface area contributed by atoms with Gasteiger partial charge in [-0.25, -0.2) is 0 Å². The number of nitrogens with zero attached hydrogens (tertiary/aromatic N) is 4. The monoisotopic (exact) mass is 337 g/mol. The summed E-state index contributed by atoms with van der Waals surface area (Å²) in [5, 5.41) is 11.6. The average molecular weight is 337 g/mol. The second-order valence-electron chi connectivity index (χ2n) is 6.48. The van der Waals surface area contributed by atoms with E-state index in [1.54, 1.807) is 18.0 Å². The predicted octanol–water partition coefficient (Wildman–Crippen LogP) is 3.01. The first-order chi connectivity index (χ1) is 11.9. The van der Waals surface area contributed by atoms with Crippen LogP contribution in [-0.2, 0) is 13.6 Å². The van der Waals surface area contributed by atoms with Crippen molar-refractivity contribution in [3.63, 3.8) is 0 Å². The zero-order valence-electron chi connectivity index (χ0n) is 15.3. The molecule has 3 aromatic rings. The Balaban J connectivity index is 1.79. The van der Waals surface area contributed by atoms with Gasteiger partial charge in [0, 0.05) is 31.9 Å². The highest BCUT2D eigenvalue weighted by molar-refractivity contribution is 5.93. The number of carbonyl (C=O) groups excluding carboxylic acids is 1. The molecule has 0 saturated carbocycles. The first-order valence-corrected chi connectivity index (χ1v) is 8.24. The second-order valence-corrected chi connectivity index (χ2v) is 6.48. The molecule has 0 atom stereocenters. The highest BCUT2D eigenvalue weighted by atomic mass is 16.2. The fourth-order valence-electron chi connectivity index (χ4n) is 2.95. The molecule has 3 rings (SSSR count). The Morgan fingerprint density at radius 3 is 2.48 bits per heavy atom. The predicted molar refractivity (Wildman–Crippen MR) is 97.2 cm³/mol. The Morgan fingerprint density at radius 2 is 1.88 bits per heavy atom. The summed E-state index contributed by atoms with van der Waals surface area (Å²) in [6.45, 7) is 6.54. The summed E-state index contributed by atoms with van der Waals surface area (Å²) in [7, 11) is 3.70. The molecule has 1 N–H and O–H groups in total. The van der Waals surface area contributed by atoms with E-state index in [4.69, 9.17) is 0 Å². The summed E-state index contributed by atoms with van der Waals surface area (Å²) in [6.07, 6.45) is 0. The molecular formula is C19H23N5O. The average Bonchev–Trinajstić information content (AvgIpc) is 3.14. The van der Waals surface area contributed by atoms with Gasteiger partial charge in [-0.3, -0.25) is 14.6 Å². The normalized spacial score (nSPS) is 10.9. The molecule has 130 valence electrons. The molecule has 25 heavy (non-hydrogen) atoms. The number of hydrogen-bond acceptors (Lipinski definition) is 3. The van der Waals surface area contributed by atoms with Crippen LogP contribution in [0.1, 0.15) is 33.0 Å². The summed E-state index contributed by atoms with van der Waals surface area (Å²) in [5.74, 6) is -0.0847. The molecule has 0 aliphatic carbocycles. The summed E-state index contributed by atoms with van der Waals surface area (Å²) >= 11 is 0. The van der Waals surface area contributed by atoms with Crippen molar-refractivity contribution in [2.45, 2.75) is 27.3 Å². The molecule has 0 aliphatic rings.